The Bertz CT molecular complexity index is 2210. The monoisotopic (exact) mass is 840 g/mol. The van der Waals surface area contributed by atoms with Crippen LogP contribution in [0.15, 0.2) is 104 Å². The van der Waals surface area contributed by atoms with E-state index in [0.717, 1.165) is 44.6 Å². The van der Waals surface area contributed by atoms with Crippen LogP contribution in [0.3, 0.4) is 0 Å². The fourth-order valence-corrected chi connectivity index (χ4v) is 6.43. The van der Waals surface area contributed by atoms with E-state index in [2.05, 4.69) is 187 Å². The zero-order valence-electron chi connectivity index (χ0n) is 30.4. The molecule has 0 unspecified atom stereocenters. The Hall–Kier alpha value is -4.34. The zero-order chi connectivity index (χ0) is 34.7. The van der Waals surface area contributed by atoms with Gasteiger partial charge in [0.25, 0.3) is 0 Å². The molecule has 0 saturated carbocycles. The van der Waals surface area contributed by atoms with Crippen LogP contribution < -0.4 is 14.5 Å². The van der Waals surface area contributed by atoms with Crippen LogP contribution in [0.2, 0.25) is 0 Å². The molecule has 0 atom stereocenters. The molecule has 0 N–H and O–H groups in total. The molecule has 0 bridgehead atoms. The first kappa shape index (κ1) is 35.5. The smallest absolute Gasteiger partial charge is 0.135 e. The number of rotatable bonds is 5. The Balaban J connectivity index is 0.00000432. The van der Waals surface area contributed by atoms with Crippen molar-refractivity contribution < 1.29 is 25.8 Å². The standard InChI is InChI=1S/C44H45N4O.Pt/c1-42(2,3)30-20-21-45-41(26-30)48-38-16-12-10-14-35(38)36-19-18-33(28-40(36)48)49-34-25-31(43(4,5)6)24-32(27-34)46-22-23-47(29-46)39-17-13-11-15-37(39)44(7,8)9;/h10-26,29H,1-9H3;/q-3;. The molecule has 0 saturated heterocycles. The predicted octanol–water partition coefficient (Wildman–Crippen LogP) is 11.4. The molecule has 1 aliphatic heterocycles. The topological polar surface area (TPSA) is 33.5 Å². The van der Waals surface area contributed by atoms with Gasteiger partial charge < -0.3 is 19.1 Å². The Morgan fingerprint density at radius 2 is 1.34 bits per heavy atom. The van der Waals surface area contributed by atoms with Gasteiger partial charge in [-0.3, -0.25) is 0 Å². The van der Waals surface area contributed by atoms with Crippen LogP contribution >= 0.6 is 0 Å². The number of hydrogen-bond acceptors (Lipinski definition) is 4. The molecule has 0 spiro atoms. The first-order valence-corrected chi connectivity index (χ1v) is 17.0. The molecule has 5 nitrogen and oxygen atoms in total. The van der Waals surface area contributed by atoms with Crippen LogP contribution in [0.5, 0.6) is 11.5 Å². The Kier molecular flexibility index (Phi) is 9.29. The number of ether oxygens (including phenoxy) is 1. The Labute approximate surface area is 311 Å². The first-order valence-electron chi connectivity index (χ1n) is 17.0. The number of hydrogen-bond donors (Lipinski definition) is 0. The minimum Gasteiger partial charge on any atom is -0.509 e. The minimum absolute atomic E-state index is 0. The van der Waals surface area contributed by atoms with Crippen molar-refractivity contribution in [2.24, 2.45) is 0 Å². The molecular weight excluding hydrogens is 796 g/mol. The average Bonchev–Trinajstić information content (AvgIpc) is 3.67. The van der Waals surface area contributed by atoms with Gasteiger partial charge in [0.2, 0.25) is 0 Å². The molecule has 260 valence electrons. The minimum atomic E-state index is -0.103. The molecule has 2 aromatic heterocycles. The third kappa shape index (κ3) is 6.85. The first-order chi connectivity index (χ1) is 23.2. The van der Waals surface area contributed by atoms with Gasteiger partial charge in [-0.15, -0.1) is 53.6 Å². The third-order valence-corrected chi connectivity index (χ3v) is 9.22. The molecule has 7 rings (SSSR count). The molecule has 0 aliphatic carbocycles. The number of benzene rings is 4. The molecule has 1 aliphatic rings. The van der Waals surface area contributed by atoms with Gasteiger partial charge in [-0.1, -0.05) is 104 Å². The molecule has 3 heterocycles. The molecule has 4 aromatic carbocycles. The summed E-state index contributed by atoms with van der Waals surface area (Å²) in [5, 5.41) is 2.26. The van der Waals surface area contributed by atoms with Gasteiger partial charge >= 0.3 is 0 Å². The summed E-state index contributed by atoms with van der Waals surface area (Å²) in [7, 11) is 0. The van der Waals surface area contributed by atoms with E-state index in [0.29, 0.717) is 11.5 Å². The second-order valence-corrected chi connectivity index (χ2v) is 16.1. The molecule has 6 aromatic rings. The maximum atomic E-state index is 6.64. The molecule has 50 heavy (non-hydrogen) atoms. The number of para-hydroxylation sites is 2. The number of anilines is 2. The van der Waals surface area contributed by atoms with Crippen molar-refractivity contribution in [3.63, 3.8) is 0 Å². The summed E-state index contributed by atoms with van der Waals surface area (Å²) < 4.78 is 8.84. The van der Waals surface area contributed by atoms with Gasteiger partial charge in [-0.2, -0.15) is 6.07 Å². The van der Waals surface area contributed by atoms with Gasteiger partial charge in [-0.25, -0.2) is 4.98 Å². The fraction of sp³-hybridized carbons (Fsp3) is 0.273. The Morgan fingerprint density at radius 1 is 0.640 bits per heavy atom. The van der Waals surface area contributed by atoms with E-state index in [-0.39, 0.29) is 37.3 Å². The average molecular weight is 841 g/mol. The van der Waals surface area contributed by atoms with Crippen molar-refractivity contribution >= 4 is 33.2 Å². The van der Waals surface area contributed by atoms with E-state index in [9.17, 15) is 0 Å². The molecule has 0 amide bonds. The number of nitrogens with zero attached hydrogens (tertiary/aromatic N) is 4. The molecule has 0 fully saturated rings. The number of pyridine rings is 1. The van der Waals surface area contributed by atoms with E-state index < -0.39 is 0 Å². The molecule has 0 radical (unpaired) electrons. The van der Waals surface area contributed by atoms with Crippen LogP contribution in [0, 0.1) is 18.8 Å². The summed E-state index contributed by atoms with van der Waals surface area (Å²) in [6.45, 7) is 22.2. The van der Waals surface area contributed by atoms with Crippen molar-refractivity contribution in [1.82, 2.24) is 9.55 Å². The van der Waals surface area contributed by atoms with E-state index >= 15 is 0 Å². The van der Waals surface area contributed by atoms with E-state index in [1.54, 1.807) is 0 Å². The zero-order valence-corrected chi connectivity index (χ0v) is 32.7. The van der Waals surface area contributed by atoms with Gasteiger partial charge in [0, 0.05) is 50.0 Å². The van der Waals surface area contributed by atoms with Crippen LogP contribution in [0.4, 0.5) is 11.4 Å². The maximum Gasteiger partial charge on any atom is 0.135 e. The van der Waals surface area contributed by atoms with Crippen LogP contribution in [-0.4, -0.2) is 9.55 Å². The van der Waals surface area contributed by atoms with Gasteiger partial charge in [0.1, 0.15) is 5.82 Å². The number of aromatic nitrogens is 2. The Morgan fingerprint density at radius 3 is 2.08 bits per heavy atom. The second kappa shape index (κ2) is 13.1. The number of fused-ring (bicyclic) bond motifs is 3. The molecular formula is C44H45N4OPt-3. The van der Waals surface area contributed by atoms with Crippen molar-refractivity contribution in [2.75, 3.05) is 9.80 Å². The van der Waals surface area contributed by atoms with Gasteiger partial charge in [0.05, 0.1) is 0 Å². The maximum absolute atomic E-state index is 6.64. The van der Waals surface area contributed by atoms with Crippen molar-refractivity contribution in [2.45, 2.75) is 78.6 Å². The van der Waals surface area contributed by atoms with Gasteiger partial charge in [0.15, 0.2) is 0 Å². The van der Waals surface area contributed by atoms with Crippen molar-refractivity contribution in [3.05, 3.63) is 139 Å². The van der Waals surface area contributed by atoms with Crippen LogP contribution in [0.25, 0.3) is 27.6 Å². The summed E-state index contributed by atoms with van der Waals surface area (Å²) in [5.41, 5.74) is 7.66. The van der Waals surface area contributed by atoms with Crippen molar-refractivity contribution in [1.29, 1.82) is 0 Å². The molecule has 6 heteroatoms. The normalized spacial score (nSPS) is 13.7. The van der Waals surface area contributed by atoms with Gasteiger partial charge in [-0.05, 0) is 69.4 Å². The summed E-state index contributed by atoms with van der Waals surface area (Å²) >= 11 is 0. The second-order valence-electron chi connectivity index (χ2n) is 16.1. The summed E-state index contributed by atoms with van der Waals surface area (Å²) in [6, 6.07) is 36.9. The largest absolute Gasteiger partial charge is 0.509 e. The van der Waals surface area contributed by atoms with Crippen LogP contribution in [-0.2, 0) is 37.3 Å². The predicted molar refractivity (Wildman–Crippen MR) is 204 cm³/mol. The third-order valence-electron chi connectivity index (χ3n) is 9.22. The van der Waals surface area contributed by atoms with E-state index in [1.165, 1.54) is 11.1 Å². The van der Waals surface area contributed by atoms with E-state index in [4.69, 9.17) is 9.72 Å². The summed E-state index contributed by atoms with van der Waals surface area (Å²) in [5.74, 6) is 2.13. The quantitative estimate of drug-likeness (QED) is 0.162. The van der Waals surface area contributed by atoms with Crippen molar-refractivity contribution in [3.8, 4) is 17.3 Å². The SMILES string of the molecule is CC(C)(C)c1cc(Oc2[c-]c3c(cc2)c2ccccc2n3-c2cc(C(C)(C)C)ccn2)[c-]c(N2C=CN(c3ccccc3C(C)(C)C)[CH-]2)c1.[Pt]. The summed E-state index contributed by atoms with van der Waals surface area (Å²) in [4.78, 5) is 9.12. The summed E-state index contributed by atoms with van der Waals surface area (Å²) in [6.07, 6.45) is 6.08. The van der Waals surface area contributed by atoms with Crippen LogP contribution in [0.1, 0.15) is 79.0 Å². The fourth-order valence-electron chi connectivity index (χ4n) is 6.43. The van der Waals surface area contributed by atoms with E-state index in [1.807, 2.05) is 12.3 Å².